The average molecular weight is 330 g/mol. The van der Waals surface area contributed by atoms with E-state index in [1.54, 1.807) is 9.69 Å². The Hall–Kier alpha value is -2.38. The Morgan fingerprint density at radius 3 is 2.88 bits per heavy atom. The molecule has 2 heterocycles. The van der Waals surface area contributed by atoms with E-state index >= 15 is 0 Å². The number of morpholine rings is 1. The lowest BCUT2D eigenvalue weighted by Crippen LogP contribution is -2.49. The van der Waals surface area contributed by atoms with Gasteiger partial charge in [0, 0.05) is 31.9 Å². The van der Waals surface area contributed by atoms with Crippen molar-refractivity contribution in [1.29, 1.82) is 0 Å². The highest BCUT2D eigenvalue weighted by molar-refractivity contribution is 5.63. The van der Waals surface area contributed by atoms with Gasteiger partial charge < -0.3 is 9.47 Å². The fourth-order valence-electron chi connectivity index (χ4n) is 2.66. The summed E-state index contributed by atoms with van der Waals surface area (Å²) in [6.45, 7) is 3.72. The molecule has 3 rings (SSSR count). The van der Waals surface area contributed by atoms with Crippen LogP contribution in [0.1, 0.15) is 0 Å². The normalized spacial score (nSPS) is 15.2. The van der Waals surface area contributed by atoms with E-state index in [9.17, 15) is 4.79 Å². The smallest absolute Gasteiger partial charge is 0.224 e. The van der Waals surface area contributed by atoms with Crippen molar-refractivity contribution in [2.45, 2.75) is 0 Å². The highest BCUT2D eigenvalue weighted by Crippen LogP contribution is 2.23. The van der Waals surface area contributed by atoms with Gasteiger partial charge in [-0.15, -0.1) is 0 Å². The van der Waals surface area contributed by atoms with Crippen molar-refractivity contribution < 1.29 is 14.3 Å². The summed E-state index contributed by atoms with van der Waals surface area (Å²) in [5.41, 5.74) is 2.10. The number of ether oxygens (including phenoxy) is 2. The van der Waals surface area contributed by atoms with Crippen molar-refractivity contribution in [2.75, 3.05) is 39.5 Å². The van der Waals surface area contributed by atoms with Crippen LogP contribution in [0.5, 0.6) is 5.75 Å². The summed E-state index contributed by atoms with van der Waals surface area (Å²) in [5, 5.41) is 7.84. The highest BCUT2D eigenvalue weighted by atomic mass is 16.5. The SMILES string of the molecule is Cn1cc(-c2cccc(OCCN(C=O)N3CCOCC3)c2)cn1. The van der Waals surface area contributed by atoms with Gasteiger partial charge in [0.15, 0.2) is 0 Å². The lowest BCUT2D eigenvalue weighted by Gasteiger charge is -2.34. The van der Waals surface area contributed by atoms with E-state index < -0.39 is 0 Å². The zero-order valence-electron chi connectivity index (χ0n) is 13.8. The van der Waals surface area contributed by atoms with Crippen LogP contribution in [0.15, 0.2) is 36.7 Å². The minimum atomic E-state index is 0.437. The van der Waals surface area contributed by atoms with Gasteiger partial charge in [-0.2, -0.15) is 5.10 Å². The first kappa shape index (κ1) is 16.5. The second kappa shape index (κ2) is 7.94. The van der Waals surface area contributed by atoms with Gasteiger partial charge in [0.1, 0.15) is 12.4 Å². The van der Waals surface area contributed by atoms with Crippen LogP contribution in [0.4, 0.5) is 0 Å². The maximum absolute atomic E-state index is 11.3. The van der Waals surface area contributed by atoms with Crippen molar-refractivity contribution >= 4 is 6.41 Å². The number of amides is 1. The van der Waals surface area contributed by atoms with Crippen molar-refractivity contribution in [3.8, 4) is 16.9 Å². The second-order valence-electron chi connectivity index (χ2n) is 5.61. The maximum atomic E-state index is 11.3. The van der Waals surface area contributed by atoms with E-state index in [1.807, 2.05) is 48.7 Å². The molecule has 7 nitrogen and oxygen atoms in total. The Morgan fingerprint density at radius 1 is 1.33 bits per heavy atom. The Kier molecular flexibility index (Phi) is 5.45. The molecule has 0 radical (unpaired) electrons. The predicted molar refractivity (Wildman–Crippen MR) is 89.3 cm³/mol. The van der Waals surface area contributed by atoms with Gasteiger partial charge in [-0.3, -0.25) is 14.5 Å². The first-order valence-corrected chi connectivity index (χ1v) is 8.03. The monoisotopic (exact) mass is 330 g/mol. The zero-order valence-corrected chi connectivity index (χ0v) is 13.8. The van der Waals surface area contributed by atoms with Crippen molar-refractivity contribution in [3.63, 3.8) is 0 Å². The molecule has 1 saturated heterocycles. The van der Waals surface area contributed by atoms with Crippen LogP contribution in [0, 0.1) is 0 Å². The van der Waals surface area contributed by atoms with Crippen LogP contribution in [0.2, 0.25) is 0 Å². The Morgan fingerprint density at radius 2 is 2.17 bits per heavy atom. The summed E-state index contributed by atoms with van der Waals surface area (Å²) in [6, 6.07) is 7.88. The first-order chi connectivity index (χ1) is 11.8. The van der Waals surface area contributed by atoms with Crippen LogP contribution in [-0.2, 0) is 16.6 Å². The number of hydrogen-bond donors (Lipinski definition) is 0. The van der Waals surface area contributed by atoms with Crippen molar-refractivity contribution in [3.05, 3.63) is 36.7 Å². The van der Waals surface area contributed by atoms with Gasteiger partial charge in [-0.25, -0.2) is 5.01 Å². The number of rotatable bonds is 7. The van der Waals surface area contributed by atoms with Crippen molar-refractivity contribution in [2.24, 2.45) is 7.05 Å². The molecule has 0 unspecified atom stereocenters. The summed E-state index contributed by atoms with van der Waals surface area (Å²) >= 11 is 0. The second-order valence-corrected chi connectivity index (χ2v) is 5.61. The summed E-state index contributed by atoms with van der Waals surface area (Å²) in [6.07, 6.45) is 4.64. The molecular formula is C17H22N4O3. The molecule has 0 saturated carbocycles. The first-order valence-electron chi connectivity index (χ1n) is 8.03. The molecule has 1 fully saturated rings. The van der Waals surface area contributed by atoms with Crippen molar-refractivity contribution in [1.82, 2.24) is 19.8 Å². The molecule has 7 heteroatoms. The number of hydrogen-bond acceptors (Lipinski definition) is 5. The van der Waals surface area contributed by atoms with Gasteiger partial charge in [-0.05, 0) is 17.7 Å². The fourth-order valence-corrected chi connectivity index (χ4v) is 2.66. The summed E-state index contributed by atoms with van der Waals surface area (Å²) in [7, 11) is 1.89. The third-order valence-corrected chi connectivity index (χ3v) is 3.93. The summed E-state index contributed by atoms with van der Waals surface area (Å²) < 4.78 is 12.9. The van der Waals surface area contributed by atoms with Crippen LogP contribution < -0.4 is 4.74 Å². The molecule has 0 bridgehead atoms. The summed E-state index contributed by atoms with van der Waals surface area (Å²) in [5.74, 6) is 0.782. The van der Waals surface area contributed by atoms with Crippen LogP contribution in [0.3, 0.4) is 0 Å². The van der Waals surface area contributed by atoms with Crippen LogP contribution in [-0.4, -0.2) is 65.7 Å². The predicted octanol–water partition coefficient (Wildman–Crippen LogP) is 1.17. The minimum absolute atomic E-state index is 0.437. The molecular weight excluding hydrogens is 308 g/mol. The van der Waals surface area contributed by atoms with E-state index in [0.717, 1.165) is 36.4 Å². The Labute approximate surface area is 141 Å². The molecule has 0 spiro atoms. The Bertz CT molecular complexity index is 667. The van der Waals surface area contributed by atoms with Gasteiger partial charge in [0.25, 0.3) is 0 Å². The van der Waals surface area contributed by atoms with E-state index in [-0.39, 0.29) is 0 Å². The van der Waals surface area contributed by atoms with Gasteiger partial charge >= 0.3 is 0 Å². The van der Waals surface area contributed by atoms with E-state index in [1.165, 1.54) is 0 Å². The number of aromatic nitrogens is 2. The van der Waals surface area contributed by atoms with E-state index in [2.05, 4.69) is 5.10 Å². The standard InChI is InChI=1S/C17H22N4O3/c1-19-13-16(12-18-19)15-3-2-4-17(11-15)24-10-7-21(14-22)20-5-8-23-9-6-20/h2-4,11-14H,5-10H2,1H3. The fraction of sp³-hybridized carbons (Fsp3) is 0.412. The number of carbonyl (C=O) groups excluding carboxylic acids is 1. The van der Waals surface area contributed by atoms with Crippen LogP contribution >= 0.6 is 0 Å². The molecule has 128 valence electrons. The molecule has 0 atom stereocenters. The number of nitrogens with zero attached hydrogens (tertiary/aromatic N) is 4. The van der Waals surface area contributed by atoms with Gasteiger partial charge in [0.2, 0.25) is 6.41 Å². The lowest BCUT2D eigenvalue weighted by molar-refractivity contribution is -0.143. The molecule has 2 aromatic rings. The topological polar surface area (TPSA) is 59.8 Å². The summed E-state index contributed by atoms with van der Waals surface area (Å²) in [4.78, 5) is 11.3. The molecule has 0 aliphatic carbocycles. The minimum Gasteiger partial charge on any atom is -0.492 e. The molecule has 24 heavy (non-hydrogen) atoms. The third-order valence-electron chi connectivity index (χ3n) is 3.93. The van der Waals surface area contributed by atoms with Crippen LogP contribution in [0.25, 0.3) is 11.1 Å². The molecule has 1 aromatic heterocycles. The quantitative estimate of drug-likeness (QED) is 0.713. The highest BCUT2D eigenvalue weighted by Gasteiger charge is 2.16. The molecule has 1 aromatic carbocycles. The molecule has 1 amide bonds. The lowest BCUT2D eigenvalue weighted by atomic mass is 10.1. The Balaban J connectivity index is 1.55. The van der Waals surface area contributed by atoms with Gasteiger partial charge in [0.05, 0.1) is 26.0 Å². The van der Waals surface area contributed by atoms with Gasteiger partial charge in [-0.1, -0.05) is 12.1 Å². The maximum Gasteiger partial charge on any atom is 0.224 e. The molecule has 1 aliphatic heterocycles. The number of benzene rings is 1. The number of hydrazine groups is 1. The number of aryl methyl sites for hydroxylation is 1. The third kappa shape index (κ3) is 4.12. The largest absolute Gasteiger partial charge is 0.492 e. The average Bonchev–Trinajstić information content (AvgIpc) is 3.06. The molecule has 0 N–H and O–H groups in total. The zero-order chi connectivity index (χ0) is 16.8. The number of carbonyl (C=O) groups is 1. The van der Waals surface area contributed by atoms with E-state index in [4.69, 9.17) is 9.47 Å². The molecule has 1 aliphatic rings. The van der Waals surface area contributed by atoms with E-state index in [0.29, 0.717) is 26.4 Å².